The predicted molar refractivity (Wildman–Crippen MR) is 145 cm³/mol. The van der Waals surface area contributed by atoms with Crippen LogP contribution in [-0.4, -0.2) is 83.3 Å². The van der Waals surface area contributed by atoms with Gasteiger partial charge in [0, 0.05) is 51.6 Å². The van der Waals surface area contributed by atoms with Crippen LogP contribution in [0.3, 0.4) is 0 Å². The Labute approximate surface area is 230 Å². The molecule has 3 aromatic rings. The number of nitrogens with one attached hydrogen (secondary N) is 1. The standard InChI is InChI=1S/C28H32FN7O4/c1-34(2)7-3-22-32-20-13-18-11-17(12-19(18)23(29)24(20)39-22)15-35-8-4-28(5-9-35)16-36(27(37)40-28)21-14-31-26-25(33-21)30-6-10-38-26/h6,10,13-14,17H,3-5,7-9,11-12,15-16H2,1-2H3,(H,30,33). The number of nitrogens with zero attached hydrogens (tertiary/aromatic N) is 6. The zero-order valence-electron chi connectivity index (χ0n) is 22.7. The fourth-order valence-corrected chi connectivity index (χ4v) is 6.25. The van der Waals surface area contributed by atoms with Crippen molar-refractivity contribution in [3.8, 4) is 5.88 Å². The van der Waals surface area contributed by atoms with Crippen molar-refractivity contribution in [2.45, 2.75) is 37.7 Å². The number of ether oxygens (including phenoxy) is 2. The number of piperidine rings is 1. The average Bonchev–Trinajstić information content (AvgIpc) is 3.64. The summed E-state index contributed by atoms with van der Waals surface area (Å²) in [5.74, 6) is 1.92. The largest absolute Gasteiger partial charge is 0.442 e. The van der Waals surface area contributed by atoms with Crippen LogP contribution in [0.15, 0.2) is 29.1 Å². The number of anilines is 2. The first-order chi connectivity index (χ1) is 19.4. The molecule has 0 bridgehead atoms. The second-order valence-corrected chi connectivity index (χ2v) is 11.5. The van der Waals surface area contributed by atoms with Gasteiger partial charge in [0.05, 0.1) is 12.7 Å². The number of fused-ring (bicyclic) bond motifs is 3. The maximum Gasteiger partial charge on any atom is 0.416 e. The fourth-order valence-electron chi connectivity index (χ4n) is 6.25. The van der Waals surface area contributed by atoms with Crippen molar-refractivity contribution in [3.05, 3.63) is 47.6 Å². The smallest absolute Gasteiger partial charge is 0.416 e. The van der Waals surface area contributed by atoms with Crippen molar-refractivity contribution in [2.24, 2.45) is 5.92 Å². The van der Waals surface area contributed by atoms with E-state index in [0.29, 0.717) is 54.2 Å². The molecular formula is C28H32FN7O4. The highest BCUT2D eigenvalue weighted by Crippen LogP contribution is 2.38. The lowest BCUT2D eigenvalue weighted by Gasteiger charge is -2.38. The van der Waals surface area contributed by atoms with Gasteiger partial charge in [0.1, 0.15) is 17.4 Å². The van der Waals surface area contributed by atoms with Gasteiger partial charge < -0.3 is 29.0 Å². The van der Waals surface area contributed by atoms with Gasteiger partial charge in [-0.05, 0) is 50.0 Å². The van der Waals surface area contributed by atoms with Crippen molar-refractivity contribution in [2.75, 3.05) is 57.0 Å². The molecule has 40 heavy (non-hydrogen) atoms. The van der Waals surface area contributed by atoms with Gasteiger partial charge in [0.2, 0.25) is 0 Å². The number of halogens is 1. The first kappa shape index (κ1) is 25.2. The predicted octanol–water partition coefficient (Wildman–Crippen LogP) is 3.34. The van der Waals surface area contributed by atoms with Gasteiger partial charge in [0.15, 0.2) is 28.9 Å². The van der Waals surface area contributed by atoms with E-state index >= 15 is 4.39 Å². The molecule has 3 aliphatic heterocycles. The normalized spacial score (nSPS) is 21.6. The maximum absolute atomic E-state index is 15.4. The van der Waals surface area contributed by atoms with Crippen LogP contribution in [0.25, 0.3) is 11.1 Å². The van der Waals surface area contributed by atoms with Crippen LogP contribution in [0, 0.1) is 11.7 Å². The summed E-state index contributed by atoms with van der Waals surface area (Å²) in [6, 6.07) is 2.01. The molecule has 0 radical (unpaired) electrons. The third kappa shape index (κ3) is 4.54. The van der Waals surface area contributed by atoms with Crippen LogP contribution in [0.1, 0.15) is 29.9 Å². The van der Waals surface area contributed by atoms with Gasteiger partial charge >= 0.3 is 6.09 Å². The number of carbonyl (C=O) groups is 1. The van der Waals surface area contributed by atoms with E-state index in [-0.39, 0.29) is 11.4 Å². The van der Waals surface area contributed by atoms with Crippen molar-refractivity contribution in [3.63, 3.8) is 0 Å². The zero-order valence-corrected chi connectivity index (χ0v) is 22.7. The summed E-state index contributed by atoms with van der Waals surface area (Å²) >= 11 is 0. The molecule has 1 atom stereocenters. The second-order valence-electron chi connectivity index (χ2n) is 11.5. The highest BCUT2D eigenvalue weighted by atomic mass is 19.1. The molecule has 0 saturated carbocycles. The molecule has 2 saturated heterocycles. The van der Waals surface area contributed by atoms with E-state index in [9.17, 15) is 4.79 Å². The molecule has 1 amide bonds. The third-order valence-corrected chi connectivity index (χ3v) is 8.36. The van der Waals surface area contributed by atoms with E-state index < -0.39 is 11.7 Å². The highest BCUT2D eigenvalue weighted by Gasteiger charge is 2.48. The molecular weight excluding hydrogens is 517 g/mol. The number of hydrogen-bond donors (Lipinski definition) is 1. The van der Waals surface area contributed by atoms with Gasteiger partial charge in [-0.25, -0.2) is 24.1 Å². The van der Waals surface area contributed by atoms with Crippen molar-refractivity contribution in [1.82, 2.24) is 24.8 Å². The fraction of sp³-hybridized carbons (Fsp3) is 0.500. The van der Waals surface area contributed by atoms with E-state index in [0.717, 1.165) is 56.6 Å². The van der Waals surface area contributed by atoms with E-state index in [2.05, 4.69) is 30.1 Å². The number of rotatable bonds is 6. The van der Waals surface area contributed by atoms with Crippen LogP contribution in [0.2, 0.25) is 0 Å². The number of amides is 1. The molecule has 1 aliphatic carbocycles. The van der Waals surface area contributed by atoms with Gasteiger partial charge in [-0.2, -0.15) is 0 Å². The van der Waals surface area contributed by atoms with Gasteiger partial charge in [-0.3, -0.25) is 4.90 Å². The molecule has 2 fully saturated rings. The zero-order chi connectivity index (χ0) is 27.4. The Balaban J connectivity index is 0.966. The van der Waals surface area contributed by atoms with Crippen LogP contribution in [-0.2, 0) is 24.0 Å². The van der Waals surface area contributed by atoms with Crippen LogP contribution in [0.4, 0.5) is 20.8 Å². The number of oxazole rings is 1. The minimum atomic E-state index is -0.541. The van der Waals surface area contributed by atoms with Crippen LogP contribution < -0.4 is 15.0 Å². The summed E-state index contributed by atoms with van der Waals surface area (Å²) < 4.78 is 32.4. The summed E-state index contributed by atoms with van der Waals surface area (Å²) in [4.78, 5) is 32.1. The molecule has 5 heterocycles. The highest BCUT2D eigenvalue weighted by molar-refractivity contribution is 5.89. The Morgan fingerprint density at radius 2 is 2.08 bits per heavy atom. The lowest BCUT2D eigenvalue weighted by molar-refractivity contribution is -0.00211. The monoisotopic (exact) mass is 549 g/mol. The topological polar surface area (TPSA) is 109 Å². The van der Waals surface area contributed by atoms with Crippen molar-refractivity contribution >= 4 is 28.8 Å². The van der Waals surface area contributed by atoms with Gasteiger partial charge in [0.25, 0.3) is 5.88 Å². The van der Waals surface area contributed by atoms with Crippen molar-refractivity contribution in [1.29, 1.82) is 0 Å². The van der Waals surface area contributed by atoms with E-state index in [1.54, 1.807) is 11.1 Å². The number of aromatic nitrogens is 3. The molecule has 1 aromatic carbocycles. The Hall–Kier alpha value is -3.77. The quantitative estimate of drug-likeness (QED) is 0.492. The minimum Gasteiger partial charge on any atom is -0.442 e. The number of benzene rings is 1. The number of likely N-dealkylation sites (tertiary alicyclic amines) is 1. The first-order valence-corrected chi connectivity index (χ1v) is 13.8. The first-order valence-electron chi connectivity index (χ1n) is 13.8. The lowest BCUT2D eigenvalue weighted by Crippen LogP contribution is -2.48. The van der Waals surface area contributed by atoms with Gasteiger partial charge in [-0.15, -0.1) is 0 Å². The van der Waals surface area contributed by atoms with E-state index in [1.165, 1.54) is 12.5 Å². The lowest BCUT2D eigenvalue weighted by atomic mass is 9.90. The van der Waals surface area contributed by atoms with Crippen molar-refractivity contribution < 1.29 is 23.1 Å². The summed E-state index contributed by atoms with van der Waals surface area (Å²) in [6.07, 6.45) is 7.88. The molecule has 210 valence electrons. The third-order valence-electron chi connectivity index (χ3n) is 8.36. The van der Waals surface area contributed by atoms with E-state index in [1.807, 2.05) is 20.2 Å². The minimum absolute atomic E-state index is 0.253. The summed E-state index contributed by atoms with van der Waals surface area (Å²) in [6.45, 7) is 3.74. The Morgan fingerprint density at radius 1 is 1.23 bits per heavy atom. The number of carbonyl (C=O) groups excluding carboxylic acids is 1. The second kappa shape index (κ2) is 9.70. The molecule has 1 N–H and O–H groups in total. The average molecular weight is 550 g/mol. The Kier molecular flexibility index (Phi) is 6.12. The van der Waals surface area contributed by atoms with E-state index in [4.69, 9.17) is 13.9 Å². The summed E-state index contributed by atoms with van der Waals surface area (Å²) in [5, 5.41) is 2.98. The molecule has 12 heteroatoms. The molecule has 1 spiro atoms. The summed E-state index contributed by atoms with van der Waals surface area (Å²) in [5.41, 5.74) is 2.16. The number of likely N-dealkylation sites (N-methyl/N-ethyl adjacent to an activating group) is 1. The van der Waals surface area contributed by atoms with Crippen LogP contribution in [0.5, 0.6) is 5.88 Å². The maximum atomic E-state index is 15.4. The molecule has 1 unspecified atom stereocenters. The Morgan fingerprint density at radius 3 is 2.90 bits per heavy atom. The molecule has 7 rings (SSSR count). The SMILES string of the molecule is CN(C)CCc1nc2cc3c(c(F)c2o1)CC(CN1CCC2(CC1)CN(c1cnc4c(n1)NC=CO4)C(=O)O2)C3. The molecule has 2 aromatic heterocycles. The Bertz CT molecular complexity index is 1500. The molecule has 11 nitrogen and oxygen atoms in total. The number of hydrogen-bond acceptors (Lipinski definition) is 10. The van der Waals surface area contributed by atoms with Gasteiger partial charge in [-0.1, -0.05) is 0 Å². The molecule has 4 aliphatic rings. The van der Waals surface area contributed by atoms with Crippen LogP contribution >= 0.6 is 0 Å². The summed E-state index contributed by atoms with van der Waals surface area (Å²) in [7, 11) is 3.99.